The van der Waals surface area contributed by atoms with Crippen LogP contribution in [0.4, 0.5) is 0 Å². The Labute approximate surface area is 172 Å². The third-order valence-corrected chi connectivity index (χ3v) is 5.53. The van der Waals surface area contributed by atoms with E-state index in [4.69, 9.17) is 11.6 Å². The minimum Gasteiger partial charge on any atom is -0.351 e. The first-order valence-corrected chi connectivity index (χ1v) is 10.0. The molecule has 0 unspecified atom stereocenters. The van der Waals surface area contributed by atoms with Gasteiger partial charge in [-0.2, -0.15) is 9.78 Å². The molecule has 0 aliphatic heterocycles. The topological polar surface area (TPSA) is 64.0 Å². The SMILES string of the molecule is Cc1ccc(-n2nc(S[C@H](C)C(=O)NCc3ccccc3Cl)ccc2=O)cc1. The average molecular weight is 414 g/mol. The molecular formula is C21H20ClN3O2S. The van der Waals surface area contributed by atoms with Gasteiger partial charge in [0.15, 0.2) is 0 Å². The van der Waals surface area contributed by atoms with Crippen LogP contribution in [-0.2, 0) is 11.3 Å². The van der Waals surface area contributed by atoms with Crippen LogP contribution in [0.15, 0.2) is 70.5 Å². The largest absolute Gasteiger partial charge is 0.351 e. The van der Waals surface area contributed by atoms with Crippen LogP contribution in [0.25, 0.3) is 5.69 Å². The Bertz CT molecular complexity index is 1030. The molecule has 0 aliphatic rings. The molecule has 0 fully saturated rings. The van der Waals surface area contributed by atoms with Crippen molar-refractivity contribution in [2.24, 2.45) is 0 Å². The molecule has 1 amide bonds. The highest BCUT2D eigenvalue weighted by atomic mass is 35.5. The summed E-state index contributed by atoms with van der Waals surface area (Å²) in [6.45, 7) is 4.14. The Morgan fingerprint density at radius 2 is 1.86 bits per heavy atom. The zero-order valence-corrected chi connectivity index (χ0v) is 17.1. The molecule has 3 aromatic rings. The quantitative estimate of drug-likeness (QED) is 0.620. The zero-order valence-electron chi connectivity index (χ0n) is 15.6. The van der Waals surface area contributed by atoms with Crippen LogP contribution >= 0.6 is 23.4 Å². The number of aryl methyl sites for hydroxylation is 1. The second kappa shape index (κ2) is 9.08. The van der Waals surface area contributed by atoms with Crippen LogP contribution in [-0.4, -0.2) is 20.9 Å². The van der Waals surface area contributed by atoms with Gasteiger partial charge in [-0.25, -0.2) is 0 Å². The molecule has 1 aromatic heterocycles. The number of thioether (sulfide) groups is 1. The van der Waals surface area contributed by atoms with Gasteiger partial charge >= 0.3 is 0 Å². The number of carbonyl (C=O) groups excluding carboxylic acids is 1. The number of nitrogens with one attached hydrogen (secondary N) is 1. The number of halogens is 1. The molecule has 1 heterocycles. The van der Waals surface area contributed by atoms with Crippen LogP contribution in [0.5, 0.6) is 0 Å². The molecule has 0 spiro atoms. The molecule has 0 bridgehead atoms. The lowest BCUT2D eigenvalue weighted by Crippen LogP contribution is -2.30. The van der Waals surface area contributed by atoms with E-state index >= 15 is 0 Å². The summed E-state index contributed by atoms with van der Waals surface area (Å²) in [5.41, 5.74) is 2.44. The van der Waals surface area contributed by atoms with Crippen LogP contribution in [0.3, 0.4) is 0 Å². The average Bonchev–Trinajstić information content (AvgIpc) is 2.69. The summed E-state index contributed by atoms with van der Waals surface area (Å²) in [6, 6.07) is 18.0. The van der Waals surface area contributed by atoms with Gasteiger partial charge in [-0.3, -0.25) is 9.59 Å². The number of nitrogens with zero attached hydrogens (tertiary/aromatic N) is 2. The number of hydrogen-bond acceptors (Lipinski definition) is 4. The van der Waals surface area contributed by atoms with Crippen molar-refractivity contribution in [3.05, 3.63) is 87.2 Å². The van der Waals surface area contributed by atoms with E-state index in [0.717, 1.165) is 11.1 Å². The van der Waals surface area contributed by atoms with Crippen molar-refractivity contribution in [2.45, 2.75) is 30.7 Å². The molecule has 3 rings (SSSR count). The summed E-state index contributed by atoms with van der Waals surface area (Å²) < 4.78 is 1.34. The molecule has 2 aromatic carbocycles. The van der Waals surface area contributed by atoms with E-state index in [-0.39, 0.29) is 16.7 Å². The standard InChI is InChI=1S/C21H20ClN3O2S/c1-14-7-9-17(10-8-14)25-20(26)12-11-19(24-25)28-15(2)21(27)23-13-16-5-3-4-6-18(16)22/h3-12,15H,13H2,1-2H3,(H,23,27)/t15-/m1/s1. The van der Waals surface area contributed by atoms with E-state index in [0.29, 0.717) is 22.3 Å². The van der Waals surface area contributed by atoms with Crippen molar-refractivity contribution in [2.75, 3.05) is 0 Å². The van der Waals surface area contributed by atoms with Gasteiger partial charge in [-0.1, -0.05) is 59.3 Å². The minimum atomic E-state index is -0.376. The number of rotatable bonds is 6. The van der Waals surface area contributed by atoms with Gasteiger partial charge in [0.25, 0.3) is 5.56 Å². The van der Waals surface area contributed by atoms with E-state index in [1.807, 2.05) is 49.4 Å². The second-order valence-electron chi connectivity index (χ2n) is 6.33. The lowest BCUT2D eigenvalue weighted by atomic mass is 10.2. The molecule has 0 saturated heterocycles. The fourth-order valence-electron chi connectivity index (χ4n) is 2.53. The van der Waals surface area contributed by atoms with Gasteiger partial charge in [-0.05, 0) is 43.7 Å². The highest BCUT2D eigenvalue weighted by molar-refractivity contribution is 8.00. The van der Waals surface area contributed by atoms with Crippen molar-refractivity contribution in [3.8, 4) is 5.69 Å². The Hall–Kier alpha value is -2.57. The first-order chi connectivity index (χ1) is 13.4. The fourth-order valence-corrected chi connectivity index (χ4v) is 3.56. The zero-order chi connectivity index (χ0) is 20.1. The first-order valence-electron chi connectivity index (χ1n) is 8.79. The van der Waals surface area contributed by atoms with E-state index < -0.39 is 0 Å². The van der Waals surface area contributed by atoms with E-state index in [2.05, 4.69) is 10.4 Å². The number of hydrogen-bond donors (Lipinski definition) is 1. The van der Waals surface area contributed by atoms with Crippen molar-refractivity contribution in [1.29, 1.82) is 0 Å². The van der Waals surface area contributed by atoms with Crippen LogP contribution in [0.1, 0.15) is 18.1 Å². The van der Waals surface area contributed by atoms with Gasteiger partial charge in [0.2, 0.25) is 5.91 Å². The van der Waals surface area contributed by atoms with Crippen molar-refractivity contribution < 1.29 is 4.79 Å². The van der Waals surface area contributed by atoms with Crippen molar-refractivity contribution in [3.63, 3.8) is 0 Å². The third kappa shape index (κ3) is 5.03. The Balaban J connectivity index is 1.68. The summed E-state index contributed by atoms with van der Waals surface area (Å²) in [6.07, 6.45) is 0. The van der Waals surface area contributed by atoms with Gasteiger partial charge in [0.05, 0.1) is 10.9 Å². The highest BCUT2D eigenvalue weighted by Gasteiger charge is 2.16. The molecule has 28 heavy (non-hydrogen) atoms. The predicted molar refractivity (Wildman–Crippen MR) is 113 cm³/mol. The second-order valence-corrected chi connectivity index (χ2v) is 8.09. The van der Waals surface area contributed by atoms with Crippen molar-refractivity contribution in [1.82, 2.24) is 15.1 Å². The summed E-state index contributed by atoms with van der Waals surface area (Å²) in [4.78, 5) is 24.6. The number of amides is 1. The fraction of sp³-hybridized carbons (Fsp3) is 0.190. The summed E-state index contributed by atoms with van der Waals surface area (Å²) in [7, 11) is 0. The molecule has 5 nitrogen and oxygen atoms in total. The van der Waals surface area contributed by atoms with Crippen molar-refractivity contribution >= 4 is 29.3 Å². The predicted octanol–water partition coefficient (Wildman–Crippen LogP) is 3.99. The minimum absolute atomic E-state index is 0.125. The van der Waals surface area contributed by atoms with E-state index in [1.165, 1.54) is 22.5 Å². The van der Waals surface area contributed by atoms with Gasteiger partial charge in [0, 0.05) is 17.6 Å². The molecular weight excluding hydrogens is 394 g/mol. The Morgan fingerprint density at radius 1 is 1.14 bits per heavy atom. The molecule has 144 valence electrons. The first kappa shape index (κ1) is 20.2. The maximum absolute atomic E-state index is 12.4. The molecule has 0 radical (unpaired) electrons. The number of carbonyl (C=O) groups is 1. The Morgan fingerprint density at radius 3 is 2.57 bits per heavy atom. The summed E-state index contributed by atoms with van der Waals surface area (Å²) in [5, 5.41) is 8.12. The van der Waals surface area contributed by atoms with Gasteiger partial charge in [0.1, 0.15) is 5.03 Å². The smallest absolute Gasteiger partial charge is 0.271 e. The summed E-state index contributed by atoms with van der Waals surface area (Å²) in [5.74, 6) is -0.125. The maximum Gasteiger partial charge on any atom is 0.271 e. The number of aromatic nitrogens is 2. The summed E-state index contributed by atoms with van der Waals surface area (Å²) >= 11 is 7.41. The van der Waals surface area contributed by atoms with E-state index in [9.17, 15) is 9.59 Å². The van der Waals surface area contributed by atoms with Gasteiger partial charge in [-0.15, -0.1) is 0 Å². The normalized spacial score (nSPS) is 11.8. The molecule has 0 aliphatic carbocycles. The third-order valence-electron chi connectivity index (χ3n) is 4.13. The molecule has 1 N–H and O–H groups in total. The van der Waals surface area contributed by atoms with E-state index in [1.54, 1.807) is 19.1 Å². The van der Waals surface area contributed by atoms with Crippen LogP contribution in [0, 0.1) is 6.92 Å². The van der Waals surface area contributed by atoms with Gasteiger partial charge < -0.3 is 5.32 Å². The lowest BCUT2D eigenvalue weighted by molar-refractivity contribution is -0.120. The Kier molecular flexibility index (Phi) is 6.54. The lowest BCUT2D eigenvalue weighted by Gasteiger charge is -2.13. The maximum atomic E-state index is 12.4. The molecule has 1 atom stereocenters. The molecule has 0 saturated carbocycles. The molecule has 7 heteroatoms. The monoisotopic (exact) mass is 413 g/mol. The van der Waals surface area contributed by atoms with Crippen LogP contribution in [0.2, 0.25) is 5.02 Å². The van der Waals surface area contributed by atoms with Crippen LogP contribution < -0.4 is 10.9 Å². The number of benzene rings is 2. The highest BCUT2D eigenvalue weighted by Crippen LogP contribution is 2.21.